The van der Waals surface area contributed by atoms with Gasteiger partial charge in [-0.3, -0.25) is 9.48 Å². The summed E-state index contributed by atoms with van der Waals surface area (Å²) in [6.07, 6.45) is 3.62. The van der Waals surface area contributed by atoms with E-state index in [1.165, 1.54) is 0 Å². The molecule has 2 aromatic rings. The number of carbonyl (C=O) groups excluding carboxylic acids is 1. The lowest BCUT2D eigenvalue weighted by Gasteiger charge is -2.14. The molecule has 2 N–H and O–H groups in total. The fraction of sp³-hybridized carbons (Fsp3) is 0.375. The lowest BCUT2D eigenvalue weighted by Crippen LogP contribution is -2.28. The summed E-state index contributed by atoms with van der Waals surface area (Å²) in [6.45, 7) is 0. The molecule has 0 radical (unpaired) electrons. The van der Waals surface area contributed by atoms with Crippen LogP contribution in [0.25, 0.3) is 11.3 Å². The fourth-order valence-electron chi connectivity index (χ4n) is 2.86. The lowest BCUT2D eigenvalue weighted by molar-refractivity contribution is -0.122. The van der Waals surface area contributed by atoms with Crippen molar-refractivity contribution in [2.75, 3.05) is 5.32 Å². The Hall–Kier alpha value is -2.14. The van der Waals surface area contributed by atoms with E-state index in [2.05, 4.69) is 10.4 Å². The van der Waals surface area contributed by atoms with E-state index in [-0.39, 0.29) is 11.8 Å². The SMILES string of the molecule is Cn1cc(NC(=O)C2CCCC2O)c(-c2ccccc2)n1. The minimum absolute atomic E-state index is 0.120. The summed E-state index contributed by atoms with van der Waals surface area (Å²) in [6, 6.07) is 9.75. The van der Waals surface area contributed by atoms with E-state index in [0.29, 0.717) is 12.1 Å². The van der Waals surface area contributed by atoms with Crippen LogP contribution in [0, 0.1) is 5.92 Å². The Labute approximate surface area is 123 Å². The normalized spacial score (nSPS) is 21.4. The highest BCUT2D eigenvalue weighted by Crippen LogP contribution is 2.30. The van der Waals surface area contributed by atoms with E-state index in [1.807, 2.05) is 37.4 Å². The van der Waals surface area contributed by atoms with E-state index in [1.54, 1.807) is 10.9 Å². The molecule has 5 nitrogen and oxygen atoms in total. The highest BCUT2D eigenvalue weighted by Gasteiger charge is 2.32. The van der Waals surface area contributed by atoms with Gasteiger partial charge in [0.1, 0.15) is 5.69 Å². The molecule has 1 aliphatic carbocycles. The van der Waals surface area contributed by atoms with Crippen molar-refractivity contribution >= 4 is 11.6 Å². The summed E-state index contributed by atoms with van der Waals surface area (Å²) < 4.78 is 1.68. The number of anilines is 1. The standard InChI is InChI=1S/C16H19N3O2/c1-19-10-13(15(18-19)11-6-3-2-4-7-11)17-16(21)12-8-5-9-14(12)20/h2-4,6-7,10,12,14,20H,5,8-9H2,1H3,(H,17,21). The largest absolute Gasteiger partial charge is 0.392 e. The van der Waals surface area contributed by atoms with Gasteiger partial charge in [0.05, 0.1) is 17.7 Å². The summed E-state index contributed by atoms with van der Waals surface area (Å²) in [7, 11) is 1.83. The molecule has 3 rings (SSSR count). The van der Waals surface area contributed by atoms with Crippen LogP contribution >= 0.6 is 0 Å². The summed E-state index contributed by atoms with van der Waals surface area (Å²) in [4.78, 5) is 12.3. The van der Waals surface area contributed by atoms with Crippen LogP contribution in [0.1, 0.15) is 19.3 Å². The number of nitrogens with zero attached hydrogens (tertiary/aromatic N) is 2. The number of aromatic nitrogens is 2. The van der Waals surface area contributed by atoms with E-state index in [4.69, 9.17) is 0 Å². The Morgan fingerprint density at radius 2 is 2.10 bits per heavy atom. The van der Waals surface area contributed by atoms with Gasteiger partial charge in [-0.2, -0.15) is 5.10 Å². The van der Waals surface area contributed by atoms with Crippen molar-refractivity contribution in [3.05, 3.63) is 36.5 Å². The first-order valence-corrected chi connectivity index (χ1v) is 7.23. The van der Waals surface area contributed by atoms with Crippen molar-refractivity contribution < 1.29 is 9.90 Å². The number of hydrogen-bond donors (Lipinski definition) is 2. The molecule has 2 atom stereocenters. The maximum atomic E-state index is 12.3. The molecule has 21 heavy (non-hydrogen) atoms. The third-order valence-electron chi connectivity index (χ3n) is 3.95. The molecule has 1 aromatic heterocycles. The van der Waals surface area contributed by atoms with Crippen LogP contribution in [0.3, 0.4) is 0 Å². The number of nitrogens with one attached hydrogen (secondary N) is 1. The molecule has 0 spiro atoms. The van der Waals surface area contributed by atoms with Crippen molar-refractivity contribution in [3.8, 4) is 11.3 Å². The molecule has 1 heterocycles. The number of carbonyl (C=O) groups is 1. The summed E-state index contributed by atoms with van der Waals surface area (Å²) >= 11 is 0. The van der Waals surface area contributed by atoms with Gasteiger partial charge in [-0.05, 0) is 19.3 Å². The Morgan fingerprint density at radius 3 is 2.76 bits per heavy atom. The summed E-state index contributed by atoms with van der Waals surface area (Å²) in [5, 5.41) is 17.2. The van der Waals surface area contributed by atoms with Gasteiger partial charge in [0, 0.05) is 18.8 Å². The maximum absolute atomic E-state index is 12.3. The summed E-state index contributed by atoms with van der Waals surface area (Å²) in [5.41, 5.74) is 2.40. The van der Waals surface area contributed by atoms with Crippen LogP contribution in [0.2, 0.25) is 0 Å². The van der Waals surface area contributed by atoms with Crippen LogP contribution in [-0.4, -0.2) is 26.9 Å². The van der Waals surface area contributed by atoms with Crippen LogP contribution in [0.5, 0.6) is 0 Å². The van der Waals surface area contributed by atoms with Crippen LogP contribution < -0.4 is 5.32 Å². The van der Waals surface area contributed by atoms with Gasteiger partial charge in [0.15, 0.2) is 0 Å². The molecule has 5 heteroatoms. The van der Waals surface area contributed by atoms with E-state index in [9.17, 15) is 9.90 Å². The zero-order chi connectivity index (χ0) is 14.8. The molecule has 1 saturated carbocycles. The molecule has 1 amide bonds. The zero-order valence-corrected chi connectivity index (χ0v) is 12.0. The third-order valence-corrected chi connectivity index (χ3v) is 3.95. The number of amides is 1. The van der Waals surface area contributed by atoms with Crippen molar-refractivity contribution in [2.24, 2.45) is 13.0 Å². The second kappa shape index (κ2) is 5.69. The number of aryl methyl sites for hydroxylation is 1. The van der Waals surface area contributed by atoms with Gasteiger partial charge < -0.3 is 10.4 Å². The first-order valence-electron chi connectivity index (χ1n) is 7.23. The van der Waals surface area contributed by atoms with Crippen LogP contribution in [0.4, 0.5) is 5.69 Å². The van der Waals surface area contributed by atoms with Gasteiger partial charge in [0.2, 0.25) is 5.91 Å². The number of hydrogen-bond acceptors (Lipinski definition) is 3. The predicted molar refractivity (Wildman–Crippen MR) is 80.6 cm³/mol. The first-order chi connectivity index (χ1) is 10.1. The molecular weight excluding hydrogens is 266 g/mol. The Bertz CT molecular complexity index is 636. The molecule has 0 saturated heterocycles. The van der Waals surface area contributed by atoms with E-state index in [0.717, 1.165) is 24.1 Å². The van der Waals surface area contributed by atoms with Crippen molar-refractivity contribution in [3.63, 3.8) is 0 Å². The maximum Gasteiger partial charge on any atom is 0.230 e. The molecule has 1 fully saturated rings. The average molecular weight is 285 g/mol. The highest BCUT2D eigenvalue weighted by molar-refractivity contribution is 5.96. The third kappa shape index (κ3) is 2.83. The van der Waals surface area contributed by atoms with Crippen molar-refractivity contribution in [1.82, 2.24) is 9.78 Å². The number of rotatable bonds is 3. The predicted octanol–water partition coefficient (Wildman–Crippen LogP) is 2.19. The Kier molecular flexibility index (Phi) is 3.75. The zero-order valence-electron chi connectivity index (χ0n) is 12.0. The lowest BCUT2D eigenvalue weighted by atomic mass is 10.0. The van der Waals surface area contributed by atoms with Gasteiger partial charge in [-0.25, -0.2) is 0 Å². The molecule has 0 bridgehead atoms. The molecule has 110 valence electrons. The van der Waals surface area contributed by atoms with E-state index >= 15 is 0 Å². The molecule has 1 aliphatic rings. The fourth-order valence-corrected chi connectivity index (χ4v) is 2.86. The van der Waals surface area contributed by atoms with Gasteiger partial charge in [-0.15, -0.1) is 0 Å². The monoisotopic (exact) mass is 285 g/mol. The van der Waals surface area contributed by atoms with Gasteiger partial charge in [-0.1, -0.05) is 30.3 Å². The quantitative estimate of drug-likeness (QED) is 0.908. The second-order valence-corrected chi connectivity index (χ2v) is 5.53. The highest BCUT2D eigenvalue weighted by atomic mass is 16.3. The average Bonchev–Trinajstić information content (AvgIpc) is 3.06. The Morgan fingerprint density at radius 1 is 1.33 bits per heavy atom. The molecule has 0 aliphatic heterocycles. The first kappa shape index (κ1) is 13.8. The van der Waals surface area contributed by atoms with E-state index < -0.39 is 6.10 Å². The topological polar surface area (TPSA) is 67.2 Å². The van der Waals surface area contributed by atoms with Gasteiger partial charge >= 0.3 is 0 Å². The number of aliphatic hydroxyl groups excluding tert-OH is 1. The molecular formula is C16H19N3O2. The minimum Gasteiger partial charge on any atom is -0.392 e. The van der Waals surface area contributed by atoms with Crippen LogP contribution in [0.15, 0.2) is 36.5 Å². The smallest absolute Gasteiger partial charge is 0.230 e. The van der Waals surface area contributed by atoms with Gasteiger partial charge in [0.25, 0.3) is 0 Å². The summed E-state index contributed by atoms with van der Waals surface area (Å²) in [5.74, 6) is -0.431. The number of aliphatic hydroxyl groups is 1. The van der Waals surface area contributed by atoms with Crippen molar-refractivity contribution in [1.29, 1.82) is 0 Å². The van der Waals surface area contributed by atoms with Crippen molar-refractivity contribution in [2.45, 2.75) is 25.4 Å². The molecule has 1 aromatic carbocycles. The number of benzene rings is 1. The van der Waals surface area contributed by atoms with Crippen LogP contribution in [-0.2, 0) is 11.8 Å². The minimum atomic E-state index is -0.526. The second-order valence-electron chi connectivity index (χ2n) is 5.53. The molecule has 2 unspecified atom stereocenters. The Balaban J connectivity index is 1.84.